The van der Waals surface area contributed by atoms with Crippen molar-refractivity contribution in [3.63, 3.8) is 0 Å². The van der Waals surface area contributed by atoms with Crippen molar-refractivity contribution in [1.82, 2.24) is 0 Å². The van der Waals surface area contributed by atoms with Gasteiger partial charge in [-0.15, -0.1) is 0 Å². The topological polar surface area (TPSA) is 65.5 Å². The maximum atomic E-state index is 8.24. The second-order valence-corrected chi connectivity index (χ2v) is 6.25. The molecule has 0 aliphatic carbocycles. The molecule has 0 radical (unpaired) electrons. The van der Waals surface area contributed by atoms with E-state index in [4.69, 9.17) is 11.1 Å². The molecule has 112 valence electrons. The van der Waals surface area contributed by atoms with E-state index in [2.05, 4.69) is 33.9 Å². The number of nitrogens with zero attached hydrogens (tertiary/aromatic N) is 2. The number of hydrogen-bond acceptors (Lipinski definition) is 3. The molecule has 3 N–H and O–H groups in total. The molecule has 1 atom stereocenters. The van der Waals surface area contributed by atoms with Gasteiger partial charge in [0.25, 0.3) is 0 Å². The Bertz CT molecular complexity index is 565. The summed E-state index contributed by atoms with van der Waals surface area (Å²) in [6.45, 7) is 2.04. The fourth-order valence-corrected chi connectivity index (χ4v) is 3.07. The van der Waals surface area contributed by atoms with Crippen LogP contribution in [0.4, 0.5) is 11.4 Å². The van der Waals surface area contributed by atoms with E-state index in [1.807, 2.05) is 40.5 Å². The average molecular weight is 396 g/mol. The van der Waals surface area contributed by atoms with Gasteiger partial charge in [-0.05, 0) is 50.0 Å². The molecule has 1 unspecified atom stereocenters. The lowest BCUT2D eigenvalue weighted by molar-refractivity contribution is 0.598. The zero-order chi connectivity index (χ0) is 15.2. The molecule has 4 nitrogen and oxygen atoms in total. The number of halogens is 1. The van der Waals surface area contributed by atoms with Gasteiger partial charge in [0.05, 0.1) is 34.6 Å². The lowest BCUT2D eigenvalue weighted by Crippen LogP contribution is -2.20. The number of rotatable bonds is 5. The predicted octanol–water partition coefficient (Wildman–Crippen LogP) is 4.28. The molecule has 0 saturated heterocycles. The number of nitrogens with two attached hydrogens (primary N) is 1. The minimum absolute atomic E-state index is 0.388. The van der Waals surface area contributed by atoms with Crippen molar-refractivity contribution in [3.8, 4) is 0 Å². The summed E-state index contributed by atoms with van der Waals surface area (Å²) >= 11 is 2.18. The van der Waals surface area contributed by atoms with Crippen molar-refractivity contribution in [2.75, 3.05) is 8.85 Å². The molecule has 5 heteroatoms. The van der Waals surface area contributed by atoms with E-state index in [-0.39, 0.29) is 0 Å². The molecule has 1 aliphatic heterocycles. The maximum absolute atomic E-state index is 8.24. The minimum atomic E-state index is 0.388. The molecule has 0 spiro atoms. The molecule has 0 fully saturated rings. The summed E-state index contributed by atoms with van der Waals surface area (Å²) in [7, 11) is 0. The Kier molecular flexibility index (Phi) is 5.78. The van der Waals surface area contributed by atoms with Gasteiger partial charge >= 0.3 is 0 Å². The smallest absolute Gasteiger partial charge is 0.109 e. The fourth-order valence-electron chi connectivity index (χ4n) is 2.31. The van der Waals surface area contributed by atoms with Crippen LogP contribution < -0.4 is 8.85 Å². The Morgan fingerprint density at radius 3 is 3.05 bits per heavy atom. The average Bonchev–Trinajstić information content (AvgIpc) is 2.50. The van der Waals surface area contributed by atoms with Crippen molar-refractivity contribution in [3.05, 3.63) is 35.9 Å². The quantitative estimate of drug-likeness (QED) is 0.257. The number of dihydropyridines is 1. The molecule has 2 rings (SSSR count). The van der Waals surface area contributed by atoms with E-state index >= 15 is 0 Å². The lowest BCUT2D eigenvalue weighted by Gasteiger charge is -2.20. The van der Waals surface area contributed by atoms with Gasteiger partial charge < -0.3 is 5.73 Å². The molecular weight excluding hydrogens is 375 g/mol. The number of nitrogens with one attached hydrogen (secondary N) is 1. The number of aliphatic imine (C=N–C) groups is 1. The molecule has 1 aromatic carbocycles. The van der Waals surface area contributed by atoms with Gasteiger partial charge in [0, 0.05) is 18.3 Å². The Labute approximate surface area is 140 Å². The summed E-state index contributed by atoms with van der Waals surface area (Å²) in [6, 6.07) is 6.19. The van der Waals surface area contributed by atoms with Crippen molar-refractivity contribution >= 4 is 46.3 Å². The minimum Gasteiger partial charge on any atom is -0.399 e. The number of hydrogen-bond donors (Lipinski definition) is 2. The van der Waals surface area contributed by atoms with Crippen LogP contribution in [0.25, 0.3) is 0 Å². The highest BCUT2D eigenvalue weighted by atomic mass is 127. The van der Waals surface area contributed by atoms with Crippen LogP contribution in [0.5, 0.6) is 0 Å². The van der Waals surface area contributed by atoms with Gasteiger partial charge in [-0.2, -0.15) is 0 Å². The number of aryl methyl sites for hydroxylation is 1. The molecule has 0 saturated carbocycles. The van der Waals surface area contributed by atoms with E-state index < -0.39 is 0 Å². The molecule has 1 aliphatic rings. The molecular formula is C16H21IN4. The normalized spacial score (nSPS) is 17.0. The number of benzene rings is 1. The zero-order valence-corrected chi connectivity index (χ0v) is 14.4. The fraction of sp³-hybridized carbons (Fsp3) is 0.375. The predicted molar refractivity (Wildman–Crippen MR) is 99.7 cm³/mol. The molecule has 1 heterocycles. The lowest BCUT2D eigenvalue weighted by atomic mass is 10.0. The summed E-state index contributed by atoms with van der Waals surface area (Å²) in [4.78, 5) is 4.44. The Morgan fingerprint density at radius 1 is 1.52 bits per heavy atom. The SMILES string of the molecule is Cc1ccc(N)cc1N(I)C(=N)CCCC1CC=CC=N1. The van der Waals surface area contributed by atoms with Gasteiger partial charge in [-0.3, -0.25) is 13.5 Å². The van der Waals surface area contributed by atoms with Crippen LogP contribution in [0.15, 0.2) is 35.3 Å². The van der Waals surface area contributed by atoms with Crippen LogP contribution in [0.1, 0.15) is 31.2 Å². The van der Waals surface area contributed by atoms with E-state index in [1.54, 1.807) is 0 Å². The summed E-state index contributed by atoms with van der Waals surface area (Å²) in [5.41, 5.74) is 8.70. The van der Waals surface area contributed by atoms with E-state index in [0.717, 1.165) is 42.6 Å². The van der Waals surface area contributed by atoms with Crippen LogP contribution >= 0.6 is 22.9 Å². The van der Waals surface area contributed by atoms with Crippen LogP contribution in [-0.2, 0) is 0 Å². The van der Waals surface area contributed by atoms with Crippen molar-refractivity contribution in [1.29, 1.82) is 5.41 Å². The first kappa shape index (κ1) is 16.0. The molecule has 0 aromatic heterocycles. The number of anilines is 2. The van der Waals surface area contributed by atoms with Crippen molar-refractivity contribution < 1.29 is 0 Å². The van der Waals surface area contributed by atoms with E-state index in [9.17, 15) is 0 Å². The number of nitrogen functional groups attached to an aromatic ring is 1. The molecule has 21 heavy (non-hydrogen) atoms. The van der Waals surface area contributed by atoms with Crippen LogP contribution in [0.2, 0.25) is 0 Å². The standard InChI is InChI=1S/C16H21IN4/c1-12-8-9-13(18)11-15(12)21(17)16(19)7-4-6-14-5-2-3-10-20-14/h2-3,8-11,14,19H,4-7,18H2,1H3. The first-order valence-electron chi connectivity index (χ1n) is 7.15. The second kappa shape index (κ2) is 7.59. The Hall–Kier alpha value is -1.37. The highest BCUT2D eigenvalue weighted by Gasteiger charge is 2.13. The first-order valence-corrected chi connectivity index (χ1v) is 8.12. The van der Waals surface area contributed by atoms with Gasteiger partial charge in [0.1, 0.15) is 5.84 Å². The third-order valence-corrected chi connectivity index (χ3v) is 4.66. The van der Waals surface area contributed by atoms with Crippen molar-refractivity contribution in [2.24, 2.45) is 4.99 Å². The van der Waals surface area contributed by atoms with Crippen LogP contribution in [0.3, 0.4) is 0 Å². The molecule has 1 aromatic rings. The molecule has 0 bridgehead atoms. The highest BCUT2D eigenvalue weighted by Crippen LogP contribution is 2.27. The third kappa shape index (κ3) is 4.56. The third-order valence-electron chi connectivity index (χ3n) is 3.56. The highest BCUT2D eigenvalue weighted by molar-refractivity contribution is 14.1. The van der Waals surface area contributed by atoms with Crippen molar-refractivity contribution in [2.45, 2.75) is 38.6 Å². The Balaban J connectivity index is 1.86. The van der Waals surface area contributed by atoms with Crippen LogP contribution in [-0.4, -0.2) is 18.1 Å². The van der Waals surface area contributed by atoms with Gasteiger partial charge in [0.2, 0.25) is 0 Å². The largest absolute Gasteiger partial charge is 0.399 e. The number of amidine groups is 1. The summed E-state index contributed by atoms with van der Waals surface area (Å²) in [6.07, 6.45) is 9.82. The Morgan fingerprint density at radius 2 is 2.33 bits per heavy atom. The van der Waals surface area contributed by atoms with Gasteiger partial charge in [-0.1, -0.05) is 12.1 Å². The number of allylic oxidation sites excluding steroid dienone is 1. The zero-order valence-electron chi connectivity index (χ0n) is 12.2. The van der Waals surface area contributed by atoms with Gasteiger partial charge in [-0.25, -0.2) is 0 Å². The second-order valence-electron chi connectivity index (χ2n) is 5.28. The first-order chi connectivity index (χ1) is 10.1. The van der Waals surface area contributed by atoms with Gasteiger partial charge in [0.15, 0.2) is 0 Å². The van der Waals surface area contributed by atoms with E-state index in [1.165, 1.54) is 0 Å². The molecule has 0 amide bonds. The van der Waals surface area contributed by atoms with E-state index in [0.29, 0.717) is 11.9 Å². The maximum Gasteiger partial charge on any atom is 0.109 e. The van der Waals surface area contributed by atoms with Crippen LogP contribution in [0, 0.1) is 12.3 Å². The summed E-state index contributed by atoms with van der Waals surface area (Å²) in [5, 5.41) is 8.24. The monoisotopic (exact) mass is 396 g/mol. The summed E-state index contributed by atoms with van der Waals surface area (Å²) < 4.78 is 1.90. The summed E-state index contributed by atoms with van der Waals surface area (Å²) in [5.74, 6) is 0.611.